The molecule has 0 unspecified atom stereocenters. The van der Waals surface area contributed by atoms with Gasteiger partial charge in [-0.2, -0.15) is 0 Å². The van der Waals surface area contributed by atoms with Gasteiger partial charge in [0.25, 0.3) is 0 Å². The minimum atomic E-state index is -4.42. The second-order valence-electron chi connectivity index (χ2n) is 1.49. The number of nitrogens with one attached hydrogen (secondary N) is 1. The first-order valence-electron chi connectivity index (χ1n) is 2.39. The van der Waals surface area contributed by atoms with Gasteiger partial charge in [-0.05, 0) is 0 Å². The lowest BCUT2D eigenvalue weighted by molar-refractivity contribution is -0.313. The van der Waals surface area contributed by atoms with Crippen molar-refractivity contribution in [1.29, 1.82) is 0 Å². The van der Waals surface area contributed by atoms with E-state index < -0.39 is 13.9 Å². The SMILES string of the molecule is O=P([O-])([O-])CNCCO. The van der Waals surface area contributed by atoms with Gasteiger partial charge in [0.15, 0.2) is 0 Å². The Morgan fingerprint density at radius 3 is 2.44 bits per heavy atom. The first-order valence-corrected chi connectivity index (χ1v) is 4.12. The van der Waals surface area contributed by atoms with Gasteiger partial charge in [0.05, 0.1) is 6.61 Å². The maximum atomic E-state index is 9.83. The Morgan fingerprint density at radius 1 is 1.56 bits per heavy atom. The monoisotopic (exact) mass is 153 g/mol. The molecule has 0 saturated heterocycles. The summed E-state index contributed by atoms with van der Waals surface area (Å²) in [5.41, 5.74) is 0. The fourth-order valence-corrected chi connectivity index (χ4v) is 0.727. The smallest absolute Gasteiger partial charge is 0.0556 e. The summed E-state index contributed by atoms with van der Waals surface area (Å²) >= 11 is 0. The predicted octanol–water partition coefficient (Wildman–Crippen LogP) is -2.56. The van der Waals surface area contributed by atoms with Crippen molar-refractivity contribution in [3.63, 3.8) is 0 Å². The topological polar surface area (TPSA) is 95.5 Å². The van der Waals surface area contributed by atoms with Crippen LogP contribution in [0.1, 0.15) is 0 Å². The zero-order valence-corrected chi connectivity index (χ0v) is 5.63. The van der Waals surface area contributed by atoms with Gasteiger partial charge in [0, 0.05) is 12.8 Å². The van der Waals surface area contributed by atoms with Gasteiger partial charge < -0.3 is 24.8 Å². The average Bonchev–Trinajstić information content (AvgIpc) is 1.63. The predicted molar refractivity (Wildman–Crippen MR) is 27.6 cm³/mol. The molecule has 0 bridgehead atoms. The zero-order chi connectivity index (χ0) is 7.33. The third-order valence-electron chi connectivity index (χ3n) is 0.594. The molecule has 9 heavy (non-hydrogen) atoms. The molecule has 6 heteroatoms. The summed E-state index contributed by atoms with van der Waals surface area (Å²) < 4.78 is 9.83. The van der Waals surface area contributed by atoms with Crippen molar-refractivity contribution in [2.24, 2.45) is 0 Å². The van der Waals surface area contributed by atoms with Crippen LogP contribution in [0.25, 0.3) is 0 Å². The van der Waals surface area contributed by atoms with Crippen LogP contribution in [0.3, 0.4) is 0 Å². The molecule has 56 valence electrons. The van der Waals surface area contributed by atoms with Crippen LogP contribution in [-0.2, 0) is 4.57 Å². The maximum absolute atomic E-state index is 9.83. The number of rotatable bonds is 4. The highest BCUT2D eigenvalue weighted by molar-refractivity contribution is 7.48. The summed E-state index contributed by atoms with van der Waals surface area (Å²) in [6.45, 7) is -0.0333. The molecule has 0 aliphatic rings. The van der Waals surface area contributed by atoms with E-state index >= 15 is 0 Å². The molecule has 0 aromatic heterocycles. The lowest BCUT2D eigenvalue weighted by Gasteiger charge is -2.29. The maximum Gasteiger partial charge on any atom is 0.0556 e. The van der Waals surface area contributed by atoms with Gasteiger partial charge in [-0.15, -0.1) is 0 Å². The van der Waals surface area contributed by atoms with E-state index in [0.717, 1.165) is 0 Å². The molecular weight excluding hydrogens is 145 g/mol. The van der Waals surface area contributed by atoms with Gasteiger partial charge in [-0.3, -0.25) is 0 Å². The molecule has 0 rings (SSSR count). The molecule has 0 aliphatic carbocycles. The van der Waals surface area contributed by atoms with Gasteiger partial charge in [0.1, 0.15) is 0 Å². The summed E-state index contributed by atoms with van der Waals surface area (Å²) in [7, 11) is -4.42. The Labute approximate surface area is 52.9 Å². The molecule has 0 aromatic rings. The molecule has 0 spiro atoms. The minimum absolute atomic E-state index is 0.133. The fraction of sp³-hybridized carbons (Fsp3) is 1.00. The fourth-order valence-electron chi connectivity index (χ4n) is 0.295. The van der Waals surface area contributed by atoms with Crippen LogP contribution >= 0.6 is 7.60 Å². The highest BCUT2D eigenvalue weighted by Gasteiger charge is 1.87. The molecular formula is C3H8NO4P-2. The summed E-state index contributed by atoms with van der Waals surface area (Å²) in [6, 6.07) is 0. The molecule has 2 N–H and O–H groups in total. The molecule has 0 radical (unpaired) electrons. The standard InChI is InChI=1S/C3H10NO4P/c5-2-1-4-3-9(6,7)8/h4-5H,1-3H2,(H2,6,7,8)/p-2. The molecule has 0 amide bonds. The Hall–Kier alpha value is 0.0700. The second kappa shape index (κ2) is 3.98. The molecule has 0 saturated carbocycles. The van der Waals surface area contributed by atoms with Crippen LogP contribution in [0, 0.1) is 0 Å². The first kappa shape index (κ1) is 9.07. The van der Waals surface area contributed by atoms with Gasteiger partial charge in [-0.1, -0.05) is 7.60 Å². The normalized spacial score (nSPS) is 11.9. The summed E-state index contributed by atoms with van der Waals surface area (Å²) in [5, 5.41) is 10.3. The van der Waals surface area contributed by atoms with Crippen molar-refractivity contribution in [3.05, 3.63) is 0 Å². The van der Waals surface area contributed by atoms with Crippen LogP contribution < -0.4 is 15.1 Å². The summed E-state index contributed by atoms with van der Waals surface area (Å²) in [4.78, 5) is 19.7. The molecule has 0 aromatic carbocycles. The van der Waals surface area contributed by atoms with Gasteiger partial charge >= 0.3 is 0 Å². The van der Waals surface area contributed by atoms with Gasteiger partial charge in [0.2, 0.25) is 0 Å². The van der Waals surface area contributed by atoms with Crippen LogP contribution in [0.2, 0.25) is 0 Å². The van der Waals surface area contributed by atoms with E-state index in [1.54, 1.807) is 0 Å². The third-order valence-corrected chi connectivity index (χ3v) is 1.20. The Morgan fingerprint density at radius 2 is 2.11 bits per heavy atom. The largest absolute Gasteiger partial charge is 0.810 e. The van der Waals surface area contributed by atoms with Crippen molar-refractivity contribution in [2.45, 2.75) is 0 Å². The number of aliphatic hydroxyl groups is 1. The highest BCUT2D eigenvalue weighted by atomic mass is 31.2. The zero-order valence-electron chi connectivity index (χ0n) is 4.74. The van der Waals surface area contributed by atoms with E-state index in [-0.39, 0.29) is 13.2 Å². The third kappa shape index (κ3) is 8.07. The van der Waals surface area contributed by atoms with E-state index in [9.17, 15) is 14.4 Å². The molecule has 0 heterocycles. The van der Waals surface area contributed by atoms with E-state index in [2.05, 4.69) is 5.32 Å². The number of hydrogen-bond donors (Lipinski definition) is 2. The van der Waals surface area contributed by atoms with Crippen LogP contribution in [-0.4, -0.2) is 24.5 Å². The lowest BCUT2D eigenvalue weighted by atomic mass is 10.7. The first-order chi connectivity index (χ1) is 4.06. The Bertz CT molecular complexity index is 110. The van der Waals surface area contributed by atoms with Crippen LogP contribution in [0.4, 0.5) is 0 Å². The van der Waals surface area contributed by atoms with Crippen molar-refractivity contribution < 1.29 is 19.5 Å². The van der Waals surface area contributed by atoms with Crippen molar-refractivity contribution in [3.8, 4) is 0 Å². The quantitative estimate of drug-likeness (QED) is 0.342. The highest BCUT2D eigenvalue weighted by Crippen LogP contribution is 2.18. The van der Waals surface area contributed by atoms with Crippen LogP contribution in [0.15, 0.2) is 0 Å². The number of hydrogen-bond acceptors (Lipinski definition) is 5. The summed E-state index contributed by atoms with van der Waals surface area (Å²) in [5.74, 6) is 0. The van der Waals surface area contributed by atoms with E-state index in [1.165, 1.54) is 0 Å². The second-order valence-corrected chi connectivity index (χ2v) is 3.03. The summed E-state index contributed by atoms with van der Waals surface area (Å²) in [6.07, 6.45) is -0.590. The van der Waals surface area contributed by atoms with Gasteiger partial charge in [-0.25, -0.2) is 0 Å². The average molecular weight is 153 g/mol. The Kier molecular flexibility index (Phi) is 4.01. The molecule has 0 aliphatic heterocycles. The molecule has 0 atom stereocenters. The minimum Gasteiger partial charge on any atom is -0.810 e. The molecule has 5 nitrogen and oxygen atoms in total. The molecule has 0 fully saturated rings. The van der Waals surface area contributed by atoms with E-state index in [4.69, 9.17) is 5.11 Å². The van der Waals surface area contributed by atoms with E-state index in [0.29, 0.717) is 0 Å². The number of aliphatic hydroxyl groups excluding tert-OH is 1. The van der Waals surface area contributed by atoms with Crippen molar-refractivity contribution in [2.75, 3.05) is 19.4 Å². The van der Waals surface area contributed by atoms with Crippen molar-refractivity contribution in [1.82, 2.24) is 5.32 Å². The van der Waals surface area contributed by atoms with E-state index in [1.807, 2.05) is 0 Å². The van der Waals surface area contributed by atoms with Crippen molar-refractivity contribution >= 4 is 7.60 Å². The van der Waals surface area contributed by atoms with Crippen LogP contribution in [0.5, 0.6) is 0 Å². The lowest BCUT2D eigenvalue weighted by Crippen LogP contribution is -2.28. The Balaban J connectivity index is 3.18.